The maximum Gasteiger partial charge on any atom is 0.367 e. The molecule has 0 bridgehead atoms. The first kappa shape index (κ1) is 7.86. The Morgan fingerprint density at radius 2 is 1.85 bits per heavy atom. The molecule has 1 aromatic rings. The van der Waals surface area contributed by atoms with Crippen LogP contribution in [0.2, 0.25) is 0 Å². The molecule has 0 radical (unpaired) electrons. The summed E-state index contributed by atoms with van der Waals surface area (Å²) in [5.74, 6) is 0. The Kier molecular flexibility index (Phi) is 1.77. The molecule has 2 amide bonds. The highest BCUT2D eigenvalue weighted by Gasteiger charge is 2.09. The Hall–Kier alpha value is -1.77. The molecular weight excluding hydrogens is 164 g/mol. The van der Waals surface area contributed by atoms with Crippen molar-refractivity contribution < 1.29 is 4.79 Å². The molecule has 0 N–H and O–H groups in total. The number of amides is 2. The molecule has 0 saturated carbocycles. The third-order valence-corrected chi connectivity index (χ3v) is 1.86. The number of hydrogen-bond acceptors (Lipinski definition) is 1. The number of carbonyl (C=O) groups is 1. The molecule has 3 nitrogen and oxygen atoms in total. The number of nitrogens with zero attached hydrogens (tertiary/aromatic N) is 2. The normalized spacial score (nSPS) is 14.8. The van der Waals surface area contributed by atoms with Crippen molar-refractivity contribution in [2.24, 2.45) is 9.98 Å². The lowest BCUT2D eigenvalue weighted by Gasteiger charge is -1.96. The lowest BCUT2D eigenvalue weighted by Crippen LogP contribution is -1.98. The van der Waals surface area contributed by atoms with Crippen molar-refractivity contribution in [3.8, 4) is 0 Å². The van der Waals surface area contributed by atoms with Crippen LogP contribution in [0.4, 0.5) is 4.79 Å². The van der Waals surface area contributed by atoms with Gasteiger partial charge in [-0.2, -0.15) is 9.98 Å². The SMILES string of the molecule is Cc1ccc(C2=NC(=O)N=C2)cc1. The third kappa shape index (κ3) is 1.54. The summed E-state index contributed by atoms with van der Waals surface area (Å²) in [7, 11) is 0. The van der Waals surface area contributed by atoms with Crippen LogP contribution in [0.5, 0.6) is 0 Å². The van der Waals surface area contributed by atoms with E-state index in [9.17, 15) is 4.79 Å². The van der Waals surface area contributed by atoms with E-state index in [2.05, 4.69) is 9.98 Å². The van der Waals surface area contributed by atoms with E-state index in [0.717, 1.165) is 5.56 Å². The zero-order valence-corrected chi connectivity index (χ0v) is 7.19. The van der Waals surface area contributed by atoms with E-state index < -0.39 is 6.03 Å². The fraction of sp³-hybridized carbons (Fsp3) is 0.100. The monoisotopic (exact) mass is 172 g/mol. The summed E-state index contributed by atoms with van der Waals surface area (Å²) in [6.45, 7) is 2.01. The molecule has 0 fully saturated rings. The molecule has 3 heteroatoms. The largest absolute Gasteiger partial charge is 0.367 e. The van der Waals surface area contributed by atoms with E-state index in [1.807, 2.05) is 31.2 Å². The highest BCUT2D eigenvalue weighted by Crippen LogP contribution is 2.07. The Morgan fingerprint density at radius 3 is 2.38 bits per heavy atom. The quantitative estimate of drug-likeness (QED) is 0.638. The molecule has 0 aliphatic carbocycles. The minimum atomic E-state index is -0.421. The van der Waals surface area contributed by atoms with Gasteiger partial charge in [0.1, 0.15) is 0 Å². The zero-order chi connectivity index (χ0) is 9.26. The molecule has 64 valence electrons. The van der Waals surface area contributed by atoms with Crippen LogP contribution in [0.25, 0.3) is 0 Å². The molecule has 1 aromatic carbocycles. The van der Waals surface area contributed by atoms with Crippen molar-refractivity contribution >= 4 is 18.0 Å². The first-order chi connectivity index (χ1) is 6.25. The second-order valence-corrected chi connectivity index (χ2v) is 2.90. The van der Waals surface area contributed by atoms with Crippen LogP contribution in [-0.4, -0.2) is 18.0 Å². The minimum Gasteiger partial charge on any atom is -0.244 e. The van der Waals surface area contributed by atoms with Crippen molar-refractivity contribution in [2.75, 3.05) is 0 Å². The van der Waals surface area contributed by atoms with E-state index in [1.54, 1.807) is 0 Å². The van der Waals surface area contributed by atoms with Gasteiger partial charge in [0.05, 0.1) is 11.9 Å². The van der Waals surface area contributed by atoms with Crippen molar-refractivity contribution in [3.05, 3.63) is 35.4 Å². The number of benzene rings is 1. The summed E-state index contributed by atoms with van der Waals surface area (Å²) in [6, 6.07) is 7.40. The lowest BCUT2D eigenvalue weighted by atomic mass is 10.1. The highest BCUT2D eigenvalue weighted by atomic mass is 16.2. The average molecular weight is 172 g/mol. The first-order valence-electron chi connectivity index (χ1n) is 3.99. The second kappa shape index (κ2) is 2.94. The molecule has 0 unspecified atom stereocenters. The topological polar surface area (TPSA) is 41.8 Å². The van der Waals surface area contributed by atoms with Crippen molar-refractivity contribution in [3.63, 3.8) is 0 Å². The van der Waals surface area contributed by atoms with Gasteiger partial charge in [-0.1, -0.05) is 29.8 Å². The smallest absolute Gasteiger partial charge is 0.244 e. The van der Waals surface area contributed by atoms with Gasteiger partial charge >= 0.3 is 6.03 Å². The summed E-state index contributed by atoms with van der Waals surface area (Å²) >= 11 is 0. The number of aryl methyl sites for hydroxylation is 1. The Labute approximate surface area is 75.8 Å². The predicted molar refractivity (Wildman–Crippen MR) is 51.6 cm³/mol. The number of hydrogen-bond donors (Lipinski definition) is 0. The molecule has 1 aliphatic rings. The Morgan fingerprint density at radius 1 is 1.15 bits per heavy atom. The first-order valence-corrected chi connectivity index (χ1v) is 3.99. The third-order valence-electron chi connectivity index (χ3n) is 1.86. The van der Waals surface area contributed by atoms with Crippen LogP contribution in [-0.2, 0) is 0 Å². The van der Waals surface area contributed by atoms with Gasteiger partial charge in [-0.25, -0.2) is 4.79 Å². The van der Waals surface area contributed by atoms with E-state index >= 15 is 0 Å². The fourth-order valence-corrected chi connectivity index (χ4v) is 1.14. The summed E-state index contributed by atoms with van der Waals surface area (Å²) in [6.07, 6.45) is 1.49. The van der Waals surface area contributed by atoms with Crippen molar-refractivity contribution in [1.29, 1.82) is 0 Å². The van der Waals surface area contributed by atoms with E-state index in [0.29, 0.717) is 5.71 Å². The summed E-state index contributed by atoms with van der Waals surface area (Å²) in [5.41, 5.74) is 2.76. The minimum absolute atomic E-state index is 0.421. The van der Waals surface area contributed by atoms with Crippen LogP contribution in [0.3, 0.4) is 0 Å². The van der Waals surface area contributed by atoms with Crippen LogP contribution in [0.1, 0.15) is 11.1 Å². The maximum atomic E-state index is 10.7. The average Bonchev–Trinajstić information content (AvgIpc) is 2.53. The molecule has 0 saturated heterocycles. The predicted octanol–water partition coefficient (Wildman–Crippen LogP) is 1.99. The van der Waals surface area contributed by atoms with Crippen LogP contribution in [0, 0.1) is 6.92 Å². The van der Waals surface area contributed by atoms with Gasteiger partial charge in [0.2, 0.25) is 0 Å². The van der Waals surface area contributed by atoms with E-state index in [1.165, 1.54) is 11.8 Å². The van der Waals surface area contributed by atoms with Gasteiger partial charge in [0.15, 0.2) is 0 Å². The number of rotatable bonds is 1. The Bertz CT molecular complexity index is 401. The summed E-state index contributed by atoms with van der Waals surface area (Å²) in [4.78, 5) is 18.0. The molecule has 13 heavy (non-hydrogen) atoms. The molecule has 0 spiro atoms. The lowest BCUT2D eigenvalue weighted by molar-refractivity contribution is 0.257. The molecular formula is C10H8N2O. The van der Waals surface area contributed by atoms with Gasteiger partial charge in [0, 0.05) is 5.56 Å². The fourth-order valence-electron chi connectivity index (χ4n) is 1.14. The second-order valence-electron chi connectivity index (χ2n) is 2.90. The van der Waals surface area contributed by atoms with Gasteiger partial charge < -0.3 is 0 Å². The number of urea groups is 1. The van der Waals surface area contributed by atoms with Crippen LogP contribution >= 0.6 is 0 Å². The highest BCUT2D eigenvalue weighted by molar-refractivity contribution is 6.43. The van der Waals surface area contributed by atoms with Crippen molar-refractivity contribution in [2.45, 2.75) is 6.92 Å². The van der Waals surface area contributed by atoms with E-state index in [-0.39, 0.29) is 0 Å². The standard InChI is InChI=1S/C10H8N2O/c1-7-2-4-8(5-3-7)9-6-11-10(13)12-9/h2-6H,1H3. The molecule has 1 heterocycles. The molecule has 2 rings (SSSR count). The van der Waals surface area contributed by atoms with Crippen LogP contribution in [0.15, 0.2) is 34.3 Å². The maximum absolute atomic E-state index is 10.7. The zero-order valence-electron chi connectivity index (χ0n) is 7.19. The number of carbonyl (C=O) groups excluding carboxylic acids is 1. The molecule has 0 aromatic heterocycles. The van der Waals surface area contributed by atoms with E-state index in [4.69, 9.17) is 0 Å². The summed E-state index contributed by atoms with van der Waals surface area (Å²) < 4.78 is 0. The molecule has 0 atom stereocenters. The molecule has 1 aliphatic heterocycles. The van der Waals surface area contributed by atoms with Gasteiger partial charge in [-0.3, -0.25) is 0 Å². The summed E-state index contributed by atoms with van der Waals surface area (Å²) in [5, 5.41) is 0. The number of aliphatic imine (C=N–C) groups is 2. The van der Waals surface area contributed by atoms with Gasteiger partial charge in [-0.15, -0.1) is 0 Å². The van der Waals surface area contributed by atoms with Gasteiger partial charge in [0.25, 0.3) is 0 Å². The Balaban J connectivity index is 2.37. The van der Waals surface area contributed by atoms with Gasteiger partial charge in [-0.05, 0) is 6.92 Å². The van der Waals surface area contributed by atoms with Crippen molar-refractivity contribution in [1.82, 2.24) is 0 Å². The van der Waals surface area contributed by atoms with Crippen LogP contribution < -0.4 is 0 Å².